The van der Waals surface area contributed by atoms with Crippen LogP contribution in [0.2, 0.25) is 6.04 Å². The van der Waals surface area contributed by atoms with Gasteiger partial charge >= 0.3 is 8.80 Å². The van der Waals surface area contributed by atoms with Crippen LogP contribution in [0.15, 0.2) is 0 Å². The Balaban J connectivity index is 3.61. The maximum absolute atomic E-state index is 11.7. The standard InChI is InChI=1S/C14H30O4SSi/c1-5-6-7-8-9-11-14(15)19-12-10-13-20(16-2,17-3)18-4/h5-13H2,1-4H3. The first-order chi connectivity index (χ1) is 9.64. The summed E-state index contributed by atoms with van der Waals surface area (Å²) in [6.45, 7) is 2.20. The Hall–Kier alpha value is 0.117. The highest BCUT2D eigenvalue weighted by atomic mass is 32.2. The van der Waals surface area contributed by atoms with Crippen molar-refractivity contribution in [3.8, 4) is 0 Å². The molecule has 0 bridgehead atoms. The molecule has 4 nitrogen and oxygen atoms in total. The van der Waals surface area contributed by atoms with E-state index in [0.29, 0.717) is 11.5 Å². The molecule has 0 aliphatic carbocycles. The summed E-state index contributed by atoms with van der Waals surface area (Å²) >= 11 is 1.43. The van der Waals surface area contributed by atoms with E-state index in [1.807, 2.05) is 0 Å². The number of carbonyl (C=O) groups excluding carboxylic acids is 1. The molecule has 0 unspecified atom stereocenters. The first kappa shape index (κ1) is 20.1. The number of rotatable bonds is 13. The molecule has 0 N–H and O–H groups in total. The second kappa shape index (κ2) is 12.8. The van der Waals surface area contributed by atoms with E-state index < -0.39 is 8.80 Å². The summed E-state index contributed by atoms with van der Waals surface area (Å²) in [5.74, 6) is 0.818. The lowest BCUT2D eigenvalue weighted by Gasteiger charge is -2.23. The molecule has 0 rings (SSSR count). The molecule has 0 amide bonds. The fraction of sp³-hybridized carbons (Fsp3) is 0.929. The highest BCUT2D eigenvalue weighted by molar-refractivity contribution is 8.13. The third-order valence-corrected chi connectivity index (χ3v) is 7.16. The van der Waals surface area contributed by atoms with Gasteiger partial charge in [0, 0.05) is 39.5 Å². The van der Waals surface area contributed by atoms with Gasteiger partial charge in [-0.15, -0.1) is 0 Å². The van der Waals surface area contributed by atoms with Crippen LogP contribution in [0.25, 0.3) is 0 Å². The molecular formula is C14H30O4SSi. The molecule has 0 saturated heterocycles. The quantitative estimate of drug-likeness (QED) is 0.380. The Morgan fingerprint density at radius 3 is 2.10 bits per heavy atom. The zero-order valence-electron chi connectivity index (χ0n) is 13.4. The lowest BCUT2D eigenvalue weighted by Crippen LogP contribution is -2.42. The number of hydrogen-bond acceptors (Lipinski definition) is 5. The van der Waals surface area contributed by atoms with Crippen molar-refractivity contribution in [3.63, 3.8) is 0 Å². The fourth-order valence-electron chi connectivity index (χ4n) is 1.98. The van der Waals surface area contributed by atoms with Gasteiger partial charge in [0.15, 0.2) is 5.12 Å². The maximum Gasteiger partial charge on any atom is 0.500 e. The first-order valence-electron chi connectivity index (χ1n) is 7.45. The Bertz CT molecular complexity index is 239. The van der Waals surface area contributed by atoms with Crippen LogP contribution < -0.4 is 0 Å². The molecule has 0 aromatic heterocycles. The fourth-order valence-corrected chi connectivity index (χ4v) is 4.76. The minimum atomic E-state index is -2.45. The number of hydrogen-bond donors (Lipinski definition) is 0. The highest BCUT2D eigenvalue weighted by Gasteiger charge is 2.36. The van der Waals surface area contributed by atoms with Crippen molar-refractivity contribution in [2.45, 2.75) is 57.9 Å². The molecule has 6 heteroatoms. The average Bonchev–Trinajstić information content (AvgIpc) is 2.48. The molecule has 0 saturated carbocycles. The van der Waals surface area contributed by atoms with Crippen molar-refractivity contribution < 1.29 is 18.1 Å². The SMILES string of the molecule is CCCCCCCC(=O)SCCC[Si](OC)(OC)OC. The molecule has 0 radical (unpaired) electrons. The van der Waals surface area contributed by atoms with Crippen LogP contribution in [-0.2, 0) is 18.1 Å². The van der Waals surface area contributed by atoms with E-state index in [1.165, 1.54) is 37.4 Å². The second-order valence-corrected chi connectivity index (χ2v) is 9.03. The van der Waals surface area contributed by atoms with E-state index in [9.17, 15) is 4.79 Å². The van der Waals surface area contributed by atoms with Crippen LogP contribution >= 0.6 is 11.8 Å². The van der Waals surface area contributed by atoms with Gasteiger partial charge in [0.25, 0.3) is 0 Å². The summed E-state index contributed by atoms with van der Waals surface area (Å²) in [6.07, 6.45) is 7.56. The predicted molar refractivity (Wildman–Crippen MR) is 87.0 cm³/mol. The summed E-state index contributed by atoms with van der Waals surface area (Å²) in [7, 11) is 2.40. The molecule has 0 spiro atoms. The molecule has 0 aliphatic heterocycles. The van der Waals surface area contributed by atoms with Crippen molar-refractivity contribution in [1.29, 1.82) is 0 Å². The van der Waals surface area contributed by atoms with Crippen LogP contribution in [0, 0.1) is 0 Å². The van der Waals surface area contributed by atoms with Crippen molar-refractivity contribution in [2.75, 3.05) is 27.1 Å². The minimum Gasteiger partial charge on any atom is -0.377 e. The lowest BCUT2D eigenvalue weighted by atomic mass is 10.1. The van der Waals surface area contributed by atoms with E-state index in [4.69, 9.17) is 13.3 Å². The average molecular weight is 323 g/mol. The predicted octanol–water partition coefficient (Wildman–Crippen LogP) is 3.87. The van der Waals surface area contributed by atoms with Gasteiger partial charge in [0.1, 0.15) is 0 Å². The summed E-state index contributed by atoms with van der Waals surface area (Å²) < 4.78 is 16.0. The summed E-state index contributed by atoms with van der Waals surface area (Å²) in [6, 6.07) is 0.757. The summed E-state index contributed by atoms with van der Waals surface area (Å²) in [5, 5.41) is 0.306. The third-order valence-electron chi connectivity index (χ3n) is 3.31. The molecule has 0 aliphatic rings. The van der Waals surface area contributed by atoms with Crippen LogP contribution in [0.4, 0.5) is 0 Å². The van der Waals surface area contributed by atoms with Crippen molar-refractivity contribution in [2.24, 2.45) is 0 Å². The molecule has 20 heavy (non-hydrogen) atoms. The van der Waals surface area contributed by atoms with Crippen molar-refractivity contribution in [3.05, 3.63) is 0 Å². The van der Waals surface area contributed by atoms with Gasteiger partial charge in [0.05, 0.1) is 0 Å². The number of unbranched alkanes of at least 4 members (excludes halogenated alkanes) is 4. The van der Waals surface area contributed by atoms with Crippen LogP contribution in [0.5, 0.6) is 0 Å². The van der Waals surface area contributed by atoms with Gasteiger partial charge in [-0.3, -0.25) is 4.79 Å². The van der Waals surface area contributed by atoms with E-state index in [1.54, 1.807) is 21.3 Å². The highest BCUT2D eigenvalue weighted by Crippen LogP contribution is 2.19. The normalized spacial score (nSPS) is 11.8. The Labute approximate surface area is 129 Å². The Kier molecular flexibility index (Phi) is 12.9. The van der Waals surface area contributed by atoms with Gasteiger partial charge in [-0.05, 0) is 12.8 Å². The van der Waals surface area contributed by atoms with E-state index in [2.05, 4.69) is 6.92 Å². The molecule has 0 fully saturated rings. The zero-order chi connectivity index (χ0) is 15.3. The summed E-state index contributed by atoms with van der Waals surface area (Å²) in [4.78, 5) is 11.7. The molecule has 0 heterocycles. The first-order valence-corrected chi connectivity index (χ1v) is 10.4. The minimum absolute atomic E-state index is 0.306. The maximum atomic E-state index is 11.7. The number of thioether (sulfide) groups is 1. The topological polar surface area (TPSA) is 44.8 Å². The van der Waals surface area contributed by atoms with Crippen LogP contribution in [0.1, 0.15) is 51.9 Å². The third kappa shape index (κ3) is 9.13. The monoisotopic (exact) mass is 322 g/mol. The Morgan fingerprint density at radius 1 is 0.950 bits per heavy atom. The Morgan fingerprint density at radius 2 is 1.55 bits per heavy atom. The second-order valence-electron chi connectivity index (χ2n) is 4.78. The summed E-state index contributed by atoms with van der Waals surface area (Å²) in [5.41, 5.74) is 0. The lowest BCUT2D eigenvalue weighted by molar-refractivity contribution is -0.111. The van der Waals surface area contributed by atoms with Gasteiger partial charge in [0.2, 0.25) is 0 Å². The van der Waals surface area contributed by atoms with Gasteiger partial charge in [-0.1, -0.05) is 44.4 Å². The smallest absolute Gasteiger partial charge is 0.377 e. The van der Waals surface area contributed by atoms with E-state index in [0.717, 1.165) is 24.6 Å². The molecule has 0 aromatic carbocycles. The molecule has 0 atom stereocenters. The van der Waals surface area contributed by atoms with Gasteiger partial charge < -0.3 is 13.3 Å². The largest absolute Gasteiger partial charge is 0.500 e. The van der Waals surface area contributed by atoms with Gasteiger partial charge in [-0.25, -0.2) is 0 Å². The molecule has 0 aromatic rings. The van der Waals surface area contributed by atoms with Crippen LogP contribution in [-0.4, -0.2) is 41.0 Å². The van der Waals surface area contributed by atoms with Gasteiger partial charge in [-0.2, -0.15) is 0 Å². The van der Waals surface area contributed by atoms with E-state index >= 15 is 0 Å². The van der Waals surface area contributed by atoms with Crippen molar-refractivity contribution >= 4 is 25.7 Å². The molecule has 120 valence electrons. The zero-order valence-corrected chi connectivity index (χ0v) is 15.2. The van der Waals surface area contributed by atoms with Crippen molar-refractivity contribution in [1.82, 2.24) is 0 Å². The number of carbonyl (C=O) groups is 1. The van der Waals surface area contributed by atoms with E-state index in [-0.39, 0.29) is 0 Å². The van der Waals surface area contributed by atoms with Crippen LogP contribution in [0.3, 0.4) is 0 Å². The molecular weight excluding hydrogens is 292 g/mol.